The number of benzene rings is 2. The third-order valence-electron chi connectivity index (χ3n) is 4.67. The van der Waals surface area contributed by atoms with Gasteiger partial charge in [-0.25, -0.2) is 4.79 Å². The minimum atomic E-state index is -0.529. The summed E-state index contributed by atoms with van der Waals surface area (Å²) in [6.07, 6.45) is 1.59. The third kappa shape index (κ3) is 5.16. The summed E-state index contributed by atoms with van der Waals surface area (Å²) in [7, 11) is 0. The maximum Gasteiger partial charge on any atom is 0.341 e. The molecule has 7 nitrogen and oxygen atoms in total. The summed E-state index contributed by atoms with van der Waals surface area (Å²) in [6, 6.07) is 13.2. The minimum absolute atomic E-state index is 0.102. The maximum absolute atomic E-state index is 12.8. The van der Waals surface area contributed by atoms with Gasteiger partial charge < -0.3 is 10.1 Å². The smallest absolute Gasteiger partial charge is 0.341 e. The zero-order chi connectivity index (χ0) is 22.4. The van der Waals surface area contributed by atoms with Crippen molar-refractivity contribution in [2.75, 3.05) is 11.9 Å². The molecule has 0 aliphatic rings. The van der Waals surface area contributed by atoms with Gasteiger partial charge in [0, 0.05) is 28.6 Å². The van der Waals surface area contributed by atoms with Gasteiger partial charge in [0.1, 0.15) is 10.6 Å². The predicted octanol–water partition coefficient (Wildman–Crippen LogP) is 5.70. The molecule has 3 rings (SSSR count). The number of non-ortho nitro benzene ring substituents is 1. The second-order valence-corrected chi connectivity index (χ2v) is 7.68. The summed E-state index contributed by atoms with van der Waals surface area (Å²) in [5.74, 6) is -0.967. The molecule has 0 aliphatic carbocycles. The number of nitrogens with one attached hydrogen (secondary N) is 1. The fourth-order valence-electron chi connectivity index (χ4n) is 2.96. The van der Waals surface area contributed by atoms with E-state index < -0.39 is 16.8 Å². The number of ether oxygens (including phenoxy) is 1. The average Bonchev–Trinajstić information content (AvgIpc) is 3.21. The molecule has 0 saturated carbocycles. The van der Waals surface area contributed by atoms with E-state index in [0.717, 1.165) is 12.0 Å². The van der Waals surface area contributed by atoms with Crippen LogP contribution in [0, 0.1) is 10.1 Å². The van der Waals surface area contributed by atoms with Crippen LogP contribution in [0.4, 0.5) is 10.7 Å². The molecular weight excluding hydrogens is 416 g/mol. The van der Waals surface area contributed by atoms with Crippen LogP contribution >= 0.6 is 11.3 Å². The van der Waals surface area contributed by atoms with Crippen LogP contribution in [0.25, 0.3) is 11.1 Å². The average molecular weight is 439 g/mol. The SMILES string of the molecule is CCCOC(=O)c1c(-c2ccc(CC)cc2)csc1NC(=O)c1ccc([N+](=O)[O-])cc1. The highest BCUT2D eigenvalue weighted by atomic mass is 32.1. The van der Waals surface area contributed by atoms with Crippen molar-refractivity contribution in [2.24, 2.45) is 0 Å². The Hall–Kier alpha value is -3.52. The fraction of sp³-hybridized carbons (Fsp3) is 0.217. The third-order valence-corrected chi connectivity index (χ3v) is 5.57. The van der Waals surface area contributed by atoms with E-state index in [-0.39, 0.29) is 17.9 Å². The van der Waals surface area contributed by atoms with Crippen LogP contribution in [0.5, 0.6) is 0 Å². The Kier molecular flexibility index (Phi) is 7.15. The molecular formula is C23H22N2O5S. The number of nitro groups is 1. The lowest BCUT2D eigenvalue weighted by atomic mass is 10.0. The first kappa shape index (κ1) is 22.2. The van der Waals surface area contributed by atoms with Crippen LogP contribution in [0.1, 0.15) is 46.5 Å². The summed E-state index contributed by atoms with van der Waals surface area (Å²) >= 11 is 1.23. The molecule has 31 heavy (non-hydrogen) atoms. The molecule has 1 heterocycles. The molecule has 1 amide bonds. The Morgan fingerprint density at radius 2 is 1.74 bits per heavy atom. The number of nitro benzene ring substituents is 1. The monoisotopic (exact) mass is 438 g/mol. The van der Waals surface area contributed by atoms with Crippen molar-refractivity contribution >= 4 is 33.9 Å². The number of amides is 1. The zero-order valence-corrected chi connectivity index (χ0v) is 18.0. The minimum Gasteiger partial charge on any atom is -0.462 e. The van der Waals surface area contributed by atoms with Gasteiger partial charge in [-0.2, -0.15) is 0 Å². The van der Waals surface area contributed by atoms with E-state index in [9.17, 15) is 19.7 Å². The molecule has 0 bridgehead atoms. The van der Waals surface area contributed by atoms with Crippen LogP contribution in [0.3, 0.4) is 0 Å². The van der Waals surface area contributed by atoms with Crippen LogP contribution in [0.15, 0.2) is 53.9 Å². The molecule has 1 N–H and O–H groups in total. The van der Waals surface area contributed by atoms with E-state index in [0.29, 0.717) is 22.5 Å². The van der Waals surface area contributed by atoms with Gasteiger partial charge in [-0.05, 0) is 36.1 Å². The topological polar surface area (TPSA) is 98.5 Å². The van der Waals surface area contributed by atoms with Gasteiger partial charge in [0.15, 0.2) is 0 Å². The number of thiophene rings is 1. The molecule has 2 aromatic carbocycles. The second kappa shape index (κ2) is 9.99. The lowest BCUT2D eigenvalue weighted by Gasteiger charge is -2.10. The summed E-state index contributed by atoms with van der Waals surface area (Å²) in [5, 5.41) is 15.8. The molecule has 8 heteroatoms. The predicted molar refractivity (Wildman–Crippen MR) is 121 cm³/mol. The largest absolute Gasteiger partial charge is 0.462 e. The van der Waals surface area contributed by atoms with Gasteiger partial charge >= 0.3 is 5.97 Å². The van der Waals surface area contributed by atoms with Crippen molar-refractivity contribution in [3.05, 3.63) is 80.7 Å². The van der Waals surface area contributed by atoms with Crippen LogP contribution in [-0.4, -0.2) is 23.4 Å². The Morgan fingerprint density at radius 3 is 2.32 bits per heavy atom. The highest BCUT2D eigenvalue weighted by Gasteiger charge is 2.23. The standard InChI is InChI=1S/C23H22N2O5S/c1-3-13-30-23(27)20-19(16-7-5-15(4-2)6-8-16)14-31-22(20)24-21(26)17-9-11-18(12-10-17)25(28)29/h5-12,14H,3-4,13H2,1-2H3,(H,24,26). The summed E-state index contributed by atoms with van der Waals surface area (Å²) in [4.78, 5) is 35.8. The number of anilines is 1. The highest BCUT2D eigenvalue weighted by molar-refractivity contribution is 7.15. The van der Waals surface area contributed by atoms with Crippen LogP contribution < -0.4 is 5.32 Å². The van der Waals surface area contributed by atoms with Gasteiger partial charge in [-0.15, -0.1) is 11.3 Å². The first-order valence-electron chi connectivity index (χ1n) is 9.88. The van der Waals surface area contributed by atoms with Crippen molar-refractivity contribution in [3.8, 4) is 11.1 Å². The van der Waals surface area contributed by atoms with Gasteiger partial charge in [-0.3, -0.25) is 14.9 Å². The molecule has 0 aliphatic heterocycles. The second-order valence-electron chi connectivity index (χ2n) is 6.80. The lowest BCUT2D eigenvalue weighted by molar-refractivity contribution is -0.384. The number of carbonyl (C=O) groups excluding carboxylic acids is 2. The van der Waals surface area contributed by atoms with Gasteiger partial charge in [0.05, 0.1) is 11.5 Å². The van der Waals surface area contributed by atoms with Crippen LogP contribution in [-0.2, 0) is 11.2 Å². The molecule has 0 atom stereocenters. The van der Waals surface area contributed by atoms with Gasteiger partial charge in [-0.1, -0.05) is 38.1 Å². The lowest BCUT2D eigenvalue weighted by Crippen LogP contribution is -2.15. The van der Waals surface area contributed by atoms with E-state index in [1.165, 1.54) is 41.2 Å². The number of hydrogen-bond donors (Lipinski definition) is 1. The van der Waals surface area contributed by atoms with Crippen molar-refractivity contribution in [1.29, 1.82) is 0 Å². The number of hydrogen-bond acceptors (Lipinski definition) is 6. The number of aryl methyl sites for hydroxylation is 1. The van der Waals surface area contributed by atoms with Crippen LogP contribution in [0.2, 0.25) is 0 Å². The molecule has 0 radical (unpaired) electrons. The van der Waals surface area contributed by atoms with Crippen molar-refractivity contribution in [2.45, 2.75) is 26.7 Å². The maximum atomic E-state index is 12.8. The first-order valence-corrected chi connectivity index (χ1v) is 10.8. The highest BCUT2D eigenvalue weighted by Crippen LogP contribution is 2.36. The molecule has 0 unspecified atom stereocenters. The summed E-state index contributed by atoms with van der Waals surface area (Å²) < 4.78 is 5.35. The summed E-state index contributed by atoms with van der Waals surface area (Å²) in [5.41, 5.74) is 3.18. The molecule has 160 valence electrons. The zero-order valence-electron chi connectivity index (χ0n) is 17.2. The van der Waals surface area contributed by atoms with E-state index in [2.05, 4.69) is 12.2 Å². The first-order chi connectivity index (χ1) is 14.9. The van der Waals surface area contributed by atoms with Gasteiger partial charge in [0.25, 0.3) is 11.6 Å². The molecule has 0 saturated heterocycles. The molecule has 0 spiro atoms. The van der Waals surface area contributed by atoms with E-state index in [1.807, 2.05) is 36.6 Å². The Bertz CT molecular complexity index is 1090. The van der Waals surface area contributed by atoms with Crippen molar-refractivity contribution < 1.29 is 19.2 Å². The van der Waals surface area contributed by atoms with E-state index >= 15 is 0 Å². The number of rotatable bonds is 8. The quantitative estimate of drug-likeness (QED) is 0.276. The van der Waals surface area contributed by atoms with Crippen molar-refractivity contribution in [1.82, 2.24) is 0 Å². The Labute approximate surface area is 183 Å². The molecule has 0 fully saturated rings. The normalized spacial score (nSPS) is 10.5. The number of carbonyl (C=O) groups is 2. The number of nitrogens with zero attached hydrogens (tertiary/aromatic N) is 1. The van der Waals surface area contributed by atoms with Gasteiger partial charge in [0.2, 0.25) is 0 Å². The summed E-state index contributed by atoms with van der Waals surface area (Å²) in [6.45, 7) is 4.25. The number of esters is 1. The Balaban J connectivity index is 1.93. The molecule has 3 aromatic rings. The van der Waals surface area contributed by atoms with E-state index in [1.54, 1.807) is 0 Å². The fourth-order valence-corrected chi connectivity index (χ4v) is 3.91. The van der Waals surface area contributed by atoms with Crippen molar-refractivity contribution in [3.63, 3.8) is 0 Å². The van der Waals surface area contributed by atoms with E-state index in [4.69, 9.17) is 4.74 Å². The Morgan fingerprint density at radius 1 is 1.06 bits per heavy atom. The molecule has 1 aromatic heterocycles.